The van der Waals surface area contributed by atoms with Crippen LogP contribution < -0.4 is 5.32 Å². The number of nitrogens with one attached hydrogen (secondary N) is 1. The maximum Gasteiger partial charge on any atom is 0.255 e. The first kappa shape index (κ1) is 12.7. The summed E-state index contributed by atoms with van der Waals surface area (Å²) in [6.07, 6.45) is 5.20. The Bertz CT molecular complexity index is 795. The molecule has 2 heterocycles. The van der Waals surface area contributed by atoms with Gasteiger partial charge in [0.15, 0.2) is 0 Å². The predicted molar refractivity (Wildman–Crippen MR) is 79.3 cm³/mol. The lowest BCUT2D eigenvalue weighted by Gasteiger charge is -2.07. The second-order valence-corrected chi connectivity index (χ2v) is 4.97. The molecule has 0 saturated carbocycles. The van der Waals surface area contributed by atoms with E-state index in [2.05, 4.69) is 10.3 Å². The molecule has 0 aliphatic heterocycles. The molecular formula is C15H12ClN3O. The van der Waals surface area contributed by atoms with Crippen LogP contribution in [0.25, 0.3) is 5.52 Å². The van der Waals surface area contributed by atoms with E-state index in [-0.39, 0.29) is 5.91 Å². The molecule has 0 radical (unpaired) electrons. The number of fused-ring (bicyclic) bond motifs is 1. The zero-order valence-corrected chi connectivity index (χ0v) is 11.6. The second kappa shape index (κ2) is 4.98. The number of anilines is 1. The molecule has 1 aromatic carbocycles. The number of carbonyl (C=O) groups is 1. The third-order valence-corrected chi connectivity index (χ3v) is 3.51. The van der Waals surface area contributed by atoms with Crippen LogP contribution in [0.5, 0.6) is 0 Å². The minimum atomic E-state index is -0.173. The van der Waals surface area contributed by atoms with Gasteiger partial charge in [0.1, 0.15) is 0 Å². The molecule has 0 fully saturated rings. The molecule has 1 amide bonds. The van der Waals surface area contributed by atoms with Gasteiger partial charge in [-0.15, -0.1) is 0 Å². The highest BCUT2D eigenvalue weighted by molar-refractivity contribution is 6.31. The summed E-state index contributed by atoms with van der Waals surface area (Å²) in [5.74, 6) is -0.173. The summed E-state index contributed by atoms with van der Waals surface area (Å²) < 4.78 is 1.85. The molecule has 20 heavy (non-hydrogen) atoms. The van der Waals surface area contributed by atoms with E-state index < -0.39 is 0 Å². The first-order valence-electron chi connectivity index (χ1n) is 6.13. The van der Waals surface area contributed by atoms with Crippen molar-refractivity contribution in [3.63, 3.8) is 0 Å². The number of hydrogen-bond acceptors (Lipinski definition) is 2. The maximum absolute atomic E-state index is 12.2. The molecule has 0 aliphatic rings. The zero-order chi connectivity index (χ0) is 14.1. The van der Waals surface area contributed by atoms with Crippen molar-refractivity contribution >= 4 is 28.7 Å². The Hall–Kier alpha value is -2.33. The van der Waals surface area contributed by atoms with E-state index in [9.17, 15) is 4.79 Å². The molecule has 0 atom stereocenters. The van der Waals surface area contributed by atoms with Crippen LogP contribution in [0.1, 0.15) is 15.9 Å². The van der Waals surface area contributed by atoms with Gasteiger partial charge in [-0.2, -0.15) is 0 Å². The Morgan fingerprint density at radius 2 is 2.15 bits per heavy atom. The fourth-order valence-corrected chi connectivity index (χ4v) is 2.11. The number of aryl methyl sites for hydroxylation is 1. The Balaban J connectivity index is 1.86. The summed E-state index contributed by atoms with van der Waals surface area (Å²) in [7, 11) is 0. The van der Waals surface area contributed by atoms with E-state index in [1.165, 1.54) is 0 Å². The highest BCUT2D eigenvalue weighted by atomic mass is 35.5. The SMILES string of the molecule is Cc1ccc(NC(=O)c2ccn3cncc3c2)cc1Cl. The fraction of sp³-hybridized carbons (Fsp3) is 0.0667. The van der Waals surface area contributed by atoms with Crippen LogP contribution >= 0.6 is 11.6 Å². The molecule has 100 valence electrons. The van der Waals surface area contributed by atoms with Gasteiger partial charge in [-0.3, -0.25) is 4.79 Å². The van der Waals surface area contributed by atoms with Crippen LogP contribution in [0.3, 0.4) is 0 Å². The lowest BCUT2D eigenvalue weighted by molar-refractivity contribution is 0.102. The van der Waals surface area contributed by atoms with Crippen molar-refractivity contribution in [3.8, 4) is 0 Å². The largest absolute Gasteiger partial charge is 0.322 e. The smallest absolute Gasteiger partial charge is 0.255 e. The number of pyridine rings is 1. The van der Waals surface area contributed by atoms with Crippen LogP contribution in [0.4, 0.5) is 5.69 Å². The molecule has 0 bridgehead atoms. The van der Waals surface area contributed by atoms with Gasteiger partial charge < -0.3 is 9.72 Å². The molecule has 3 aromatic rings. The topological polar surface area (TPSA) is 46.4 Å². The lowest BCUT2D eigenvalue weighted by Crippen LogP contribution is -2.12. The van der Waals surface area contributed by atoms with E-state index >= 15 is 0 Å². The number of halogens is 1. The van der Waals surface area contributed by atoms with E-state index in [0.717, 1.165) is 11.1 Å². The summed E-state index contributed by atoms with van der Waals surface area (Å²) in [6.45, 7) is 1.92. The molecule has 1 N–H and O–H groups in total. The monoisotopic (exact) mass is 285 g/mol. The van der Waals surface area contributed by atoms with E-state index in [1.807, 2.05) is 23.5 Å². The van der Waals surface area contributed by atoms with Crippen molar-refractivity contribution in [3.05, 3.63) is 65.2 Å². The predicted octanol–water partition coefficient (Wildman–Crippen LogP) is 3.55. The van der Waals surface area contributed by atoms with Gasteiger partial charge in [0.05, 0.1) is 18.0 Å². The van der Waals surface area contributed by atoms with Gasteiger partial charge >= 0.3 is 0 Å². The van der Waals surface area contributed by atoms with Crippen molar-refractivity contribution in [2.45, 2.75) is 6.92 Å². The van der Waals surface area contributed by atoms with Gasteiger partial charge in [0, 0.05) is 22.5 Å². The molecule has 4 nitrogen and oxygen atoms in total. The van der Waals surface area contributed by atoms with E-state index in [0.29, 0.717) is 16.3 Å². The molecule has 0 aliphatic carbocycles. The van der Waals surface area contributed by atoms with Crippen molar-refractivity contribution in [1.82, 2.24) is 9.38 Å². The van der Waals surface area contributed by atoms with E-state index in [4.69, 9.17) is 11.6 Å². The number of nitrogens with zero attached hydrogens (tertiary/aromatic N) is 2. The summed E-state index contributed by atoms with van der Waals surface area (Å²) in [5.41, 5.74) is 3.11. The minimum absolute atomic E-state index is 0.173. The number of hydrogen-bond donors (Lipinski definition) is 1. The molecule has 3 rings (SSSR count). The van der Waals surface area contributed by atoms with Crippen molar-refractivity contribution in [2.24, 2.45) is 0 Å². The molecule has 0 spiro atoms. The average molecular weight is 286 g/mol. The maximum atomic E-state index is 12.2. The van der Waals surface area contributed by atoms with Gasteiger partial charge in [-0.05, 0) is 36.8 Å². The summed E-state index contributed by atoms with van der Waals surface area (Å²) >= 11 is 6.04. The molecule has 5 heteroatoms. The Labute approximate surface area is 121 Å². The molecular weight excluding hydrogens is 274 g/mol. The average Bonchev–Trinajstić information content (AvgIpc) is 2.90. The van der Waals surface area contributed by atoms with E-state index in [1.54, 1.807) is 36.9 Å². The Kier molecular flexibility index (Phi) is 3.16. The fourth-order valence-electron chi connectivity index (χ4n) is 1.93. The first-order chi connectivity index (χ1) is 9.63. The summed E-state index contributed by atoms with van der Waals surface area (Å²) in [6, 6.07) is 8.98. The minimum Gasteiger partial charge on any atom is -0.322 e. The zero-order valence-electron chi connectivity index (χ0n) is 10.8. The van der Waals surface area contributed by atoms with Crippen LogP contribution in [0.15, 0.2) is 49.1 Å². The third-order valence-electron chi connectivity index (χ3n) is 3.11. The number of benzene rings is 1. The highest BCUT2D eigenvalue weighted by Crippen LogP contribution is 2.20. The van der Waals surface area contributed by atoms with Gasteiger partial charge in [0.2, 0.25) is 0 Å². The number of rotatable bonds is 2. The third kappa shape index (κ3) is 2.38. The lowest BCUT2D eigenvalue weighted by atomic mass is 10.2. The summed E-state index contributed by atoms with van der Waals surface area (Å²) in [4.78, 5) is 16.2. The van der Waals surface area contributed by atoms with Crippen LogP contribution in [-0.2, 0) is 0 Å². The standard InChI is InChI=1S/C15H12ClN3O/c1-10-2-3-12(7-14(10)16)18-15(20)11-4-5-19-9-17-8-13(19)6-11/h2-9H,1H3,(H,18,20). The van der Waals surface area contributed by atoms with Crippen LogP contribution in [-0.4, -0.2) is 15.3 Å². The Morgan fingerprint density at radius 3 is 2.95 bits per heavy atom. The number of amides is 1. The van der Waals surface area contributed by atoms with Gasteiger partial charge in [-0.25, -0.2) is 4.98 Å². The quantitative estimate of drug-likeness (QED) is 0.783. The molecule has 0 unspecified atom stereocenters. The second-order valence-electron chi connectivity index (χ2n) is 4.56. The van der Waals surface area contributed by atoms with Crippen LogP contribution in [0, 0.1) is 6.92 Å². The van der Waals surface area contributed by atoms with Gasteiger partial charge in [0.25, 0.3) is 5.91 Å². The summed E-state index contributed by atoms with van der Waals surface area (Å²) in [5, 5.41) is 3.46. The molecule has 0 saturated heterocycles. The molecule has 2 aromatic heterocycles. The number of carbonyl (C=O) groups excluding carboxylic acids is 1. The highest BCUT2D eigenvalue weighted by Gasteiger charge is 2.08. The van der Waals surface area contributed by atoms with Gasteiger partial charge in [-0.1, -0.05) is 17.7 Å². The van der Waals surface area contributed by atoms with Crippen LogP contribution in [0.2, 0.25) is 5.02 Å². The van der Waals surface area contributed by atoms with Crippen molar-refractivity contribution in [2.75, 3.05) is 5.32 Å². The normalized spacial score (nSPS) is 10.7. The first-order valence-corrected chi connectivity index (χ1v) is 6.50. The Morgan fingerprint density at radius 1 is 1.30 bits per heavy atom. The number of aromatic nitrogens is 2. The number of imidazole rings is 1. The van der Waals surface area contributed by atoms with Crippen molar-refractivity contribution in [1.29, 1.82) is 0 Å². The van der Waals surface area contributed by atoms with Crippen molar-refractivity contribution < 1.29 is 4.79 Å².